The standard InChI is InChI=1S/C14H14FNO2/c1-9-3-10(5-12(15)4-9)14(17)11-6-13(18-2)8-16-7-11/h3-8,14,17H,1-2H3. The summed E-state index contributed by atoms with van der Waals surface area (Å²) in [5, 5.41) is 10.2. The fourth-order valence-electron chi connectivity index (χ4n) is 1.81. The molecule has 1 atom stereocenters. The van der Waals surface area contributed by atoms with Crippen molar-refractivity contribution in [3.63, 3.8) is 0 Å². The topological polar surface area (TPSA) is 42.4 Å². The molecule has 1 heterocycles. The summed E-state index contributed by atoms with van der Waals surface area (Å²) < 4.78 is 18.3. The summed E-state index contributed by atoms with van der Waals surface area (Å²) in [6.45, 7) is 1.78. The first kappa shape index (κ1) is 12.5. The van der Waals surface area contributed by atoms with Crippen molar-refractivity contribution < 1.29 is 14.2 Å². The Morgan fingerprint density at radius 1 is 1.17 bits per heavy atom. The summed E-state index contributed by atoms with van der Waals surface area (Å²) in [4.78, 5) is 3.97. The van der Waals surface area contributed by atoms with Crippen LogP contribution in [0.2, 0.25) is 0 Å². The van der Waals surface area contributed by atoms with Gasteiger partial charge in [0.15, 0.2) is 0 Å². The molecule has 0 amide bonds. The van der Waals surface area contributed by atoms with Gasteiger partial charge in [0.1, 0.15) is 17.7 Å². The molecular weight excluding hydrogens is 233 g/mol. The smallest absolute Gasteiger partial charge is 0.137 e. The summed E-state index contributed by atoms with van der Waals surface area (Å²) in [7, 11) is 1.53. The lowest BCUT2D eigenvalue weighted by Crippen LogP contribution is -2.02. The molecule has 3 nitrogen and oxygen atoms in total. The number of rotatable bonds is 3. The van der Waals surface area contributed by atoms with E-state index in [2.05, 4.69) is 4.98 Å². The SMILES string of the molecule is COc1cncc(C(O)c2cc(C)cc(F)c2)c1. The van der Waals surface area contributed by atoms with Crippen LogP contribution in [0.25, 0.3) is 0 Å². The van der Waals surface area contributed by atoms with Crippen LogP contribution in [-0.4, -0.2) is 17.2 Å². The number of aromatic nitrogens is 1. The van der Waals surface area contributed by atoms with Gasteiger partial charge in [0.25, 0.3) is 0 Å². The quantitative estimate of drug-likeness (QED) is 0.906. The Balaban J connectivity index is 2.37. The zero-order valence-corrected chi connectivity index (χ0v) is 10.2. The van der Waals surface area contributed by atoms with E-state index >= 15 is 0 Å². The molecule has 4 heteroatoms. The van der Waals surface area contributed by atoms with Gasteiger partial charge in [0.2, 0.25) is 0 Å². The molecule has 0 saturated carbocycles. The van der Waals surface area contributed by atoms with Crippen molar-refractivity contribution in [1.82, 2.24) is 4.98 Å². The Morgan fingerprint density at radius 3 is 2.61 bits per heavy atom. The number of pyridine rings is 1. The van der Waals surface area contributed by atoms with Gasteiger partial charge in [-0.05, 0) is 36.2 Å². The first-order chi connectivity index (χ1) is 8.60. The summed E-state index contributed by atoms with van der Waals surface area (Å²) in [5.41, 5.74) is 1.84. The lowest BCUT2D eigenvalue weighted by atomic mass is 10.0. The second-order valence-corrected chi connectivity index (χ2v) is 4.12. The van der Waals surface area contributed by atoms with Gasteiger partial charge >= 0.3 is 0 Å². The molecule has 0 aliphatic rings. The normalized spacial score (nSPS) is 12.2. The van der Waals surface area contributed by atoms with Crippen LogP contribution < -0.4 is 4.74 Å². The van der Waals surface area contributed by atoms with Crippen molar-refractivity contribution in [2.45, 2.75) is 13.0 Å². The van der Waals surface area contributed by atoms with E-state index < -0.39 is 6.10 Å². The maximum Gasteiger partial charge on any atom is 0.137 e. The minimum absolute atomic E-state index is 0.361. The Morgan fingerprint density at radius 2 is 1.94 bits per heavy atom. The third-order valence-corrected chi connectivity index (χ3v) is 2.67. The van der Waals surface area contributed by atoms with Crippen LogP contribution in [0.15, 0.2) is 36.7 Å². The summed E-state index contributed by atoms with van der Waals surface area (Å²) in [5.74, 6) is 0.194. The molecule has 1 aromatic heterocycles. The van der Waals surface area contributed by atoms with E-state index in [9.17, 15) is 9.50 Å². The zero-order chi connectivity index (χ0) is 13.1. The van der Waals surface area contributed by atoms with Crippen LogP contribution in [0.4, 0.5) is 4.39 Å². The third-order valence-electron chi connectivity index (χ3n) is 2.67. The van der Waals surface area contributed by atoms with Crippen molar-refractivity contribution in [1.29, 1.82) is 0 Å². The van der Waals surface area contributed by atoms with E-state index in [0.717, 1.165) is 5.56 Å². The van der Waals surface area contributed by atoms with E-state index in [1.807, 2.05) is 0 Å². The Bertz CT molecular complexity index is 537. The number of aliphatic hydroxyl groups is 1. The number of aliphatic hydroxyl groups excluding tert-OH is 1. The number of nitrogens with zero attached hydrogens (tertiary/aromatic N) is 1. The van der Waals surface area contributed by atoms with Crippen LogP contribution in [0.1, 0.15) is 22.8 Å². The summed E-state index contributed by atoms with van der Waals surface area (Å²) in [6.07, 6.45) is 2.17. The number of benzene rings is 1. The Hall–Kier alpha value is -1.94. The fourth-order valence-corrected chi connectivity index (χ4v) is 1.81. The van der Waals surface area contributed by atoms with Crippen LogP contribution in [0.5, 0.6) is 5.75 Å². The molecule has 2 aromatic rings. The van der Waals surface area contributed by atoms with E-state index in [1.54, 1.807) is 25.3 Å². The molecule has 0 aliphatic heterocycles. The second-order valence-electron chi connectivity index (χ2n) is 4.12. The van der Waals surface area contributed by atoms with Crippen molar-refractivity contribution >= 4 is 0 Å². The lowest BCUT2D eigenvalue weighted by molar-refractivity contribution is 0.218. The van der Waals surface area contributed by atoms with Gasteiger partial charge in [-0.2, -0.15) is 0 Å². The van der Waals surface area contributed by atoms with E-state index in [4.69, 9.17) is 4.74 Å². The molecule has 0 aliphatic carbocycles. The average molecular weight is 247 g/mol. The van der Waals surface area contributed by atoms with Gasteiger partial charge in [-0.25, -0.2) is 4.39 Å². The van der Waals surface area contributed by atoms with Crippen molar-refractivity contribution in [2.75, 3.05) is 7.11 Å². The molecule has 0 radical (unpaired) electrons. The fraction of sp³-hybridized carbons (Fsp3) is 0.214. The Labute approximate surface area is 105 Å². The van der Waals surface area contributed by atoms with E-state index in [0.29, 0.717) is 16.9 Å². The molecule has 0 bridgehead atoms. The van der Waals surface area contributed by atoms with Crippen molar-refractivity contribution in [3.05, 3.63) is 59.2 Å². The summed E-state index contributed by atoms with van der Waals surface area (Å²) >= 11 is 0. The predicted octanol–water partition coefficient (Wildman–Crippen LogP) is 2.62. The van der Waals surface area contributed by atoms with Crippen LogP contribution in [-0.2, 0) is 0 Å². The van der Waals surface area contributed by atoms with E-state index in [-0.39, 0.29) is 5.82 Å². The van der Waals surface area contributed by atoms with Crippen molar-refractivity contribution in [3.8, 4) is 5.75 Å². The average Bonchev–Trinajstić information content (AvgIpc) is 2.37. The van der Waals surface area contributed by atoms with Crippen molar-refractivity contribution in [2.24, 2.45) is 0 Å². The molecule has 0 fully saturated rings. The first-order valence-electron chi connectivity index (χ1n) is 5.54. The number of hydrogen-bond acceptors (Lipinski definition) is 3. The van der Waals surface area contributed by atoms with Gasteiger partial charge < -0.3 is 9.84 Å². The Kier molecular flexibility index (Phi) is 3.58. The van der Waals surface area contributed by atoms with E-state index in [1.165, 1.54) is 25.4 Å². The molecule has 1 aromatic carbocycles. The maximum atomic E-state index is 13.3. The molecule has 1 N–H and O–H groups in total. The molecular formula is C14H14FNO2. The third kappa shape index (κ3) is 2.65. The monoisotopic (exact) mass is 247 g/mol. The van der Waals surface area contributed by atoms with Gasteiger partial charge in [0.05, 0.1) is 13.3 Å². The number of hydrogen-bond donors (Lipinski definition) is 1. The van der Waals surface area contributed by atoms with Gasteiger partial charge in [0, 0.05) is 11.8 Å². The first-order valence-corrected chi connectivity index (χ1v) is 5.54. The number of methoxy groups -OCH3 is 1. The zero-order valence-electron chi connectivity index (χ0n) is 10.2. The highest BCUT2D eigenvalue weighted by atomic mass is 19.1. The second kappa shape index (κ2) is 5.14. The highest BCUT2D eigenvalue weighted by Gasteiger charge is 2.13. The summed E-state index contributed by atoms with van der Waals surface area (Å²) in [6, 6.07) is 6.16. The molecule has 18 heavy (non-hydrogen) atoms. The minimum Gasteiger partial charge on any atom is -0.495 e. The lowest BCUT2D eigenvalue weighted by Gasteiger charge is -2.13. The number of ether oxygens (including phenoxy) is 1. The highest BCUT2D eigenvalue weighted by molar-refractivity contribution is 5.34. The van der Waals surface area contributed by atoms with Crippen LogP contribution in [0.3, 0.4) is 0 Å². The predicted molar refractivity (Wildman–Crippen MR) is 66.0 cm³/mol. The number of aryl methyl sites for hydroxylation is 1. The molecule has 0 spiro atoms. The molecule has 1 unspecified atom stereocenters. The molecule has 94 valence electrons. The van der Waals surface area contributed by atoms with Crippen LogP contribution >= 0.6 is 0 Å². The number of halogens is 1. The van der Waals surface area contributed by atoms with Gasteiger partial charge in [-0.1, -0.05) is 6.07 Å². The molecule has 2 rings (SSSR count). The van der Waals surface area contributed by atoms with Crippen LogP contribution in [0, 0.1) is 12.7 Å². The highest BCUT2D eigenvalue weighted by Crippen LogP contribution is 2.25. The maximum absolute atomic E-state index is 13.3. The largest absolute Gasteiger partial charge is 0.495 e. The minimum atomic E-state index is -0.915. The van der Waals surface area contributed by atoms with Gasteiger partial charge in [-0.15, -0.1) is 0 Å². The van der Waals surface area contributed by atoms with Gasteiger partial charge in [-0.3, -0.25) is 4.98 Å². The molecule has 0 saturated heterocycles.